The van der Waals surface area contributed by atoms with Gasteiger partial charge >= 0.3 is 0 Å². The molecule has 2 heterocycles. The fourth-order valence-corrected chi connectivity index (χ4v) is 4.58. The zero-order valence-electron chi connectivity index (χ0n) is 18.1. The lowest BCUT2D eigenvalue weighted by atomic mass is 9.75. The molecule has 0 saturated heterocycles. The van der Waals surface area contributed by atoms with Crippen molar-refractivity contribution in [2.45, 2.75) is 51.6 Å². The van der Waals surface area contributed by atoms with Crippen LogP contribution in [0, 0.1) is 12.7 Å². The monoisotopic (exact) mass is 408 g/mol. The fraction of sp³-hybridized carbons (Fsp3) is 0.400. The molecular weight excluding hydrogens is 379 g/mol. The van der Waals surface area contributed by atoms with Gasteiger partial charge in [0.1, 0.15) is 11.6 Å². The average molecular weight is 409 g/mol. The molecule has 0 aliphatic carbocycles. The first kappa shape index (κ1) is 20.6. The Kier molecular flexibility index (Phi) is 5.18. The quantitative estimate of drug-likeness (QED) is 0.592. The Hall–Kier alpha value is -2.66. The molecule has 1 unspecified atom stereocenters. The molecule has 0 saturated carbocycles. The summed E-state index contributed by atoms with van der Waals surface area (Å²) < 4.78 is 20.0. The molecule has 1 aromatic heterocycles. The molecule has 2 N–H and O–H groups in total. The summed E-state index contributed by atoms with van der Waals surface area (Å²) in [5.41, 5.74) is 3.09. The molecule has 30 heavy (non-hydrogen) atoms. The summed E-state index contributed by atoms with van der Waals surface area (Å²) in [7, 11) is 0. The first-order valence-electron chi connectivity index (χ1n) is 10.4. The van der Waals surface area contributed by atoms with E-state index in [1.807, 2.05) is 58.0 Å². The van der Waals surface area contributed by atoms with Crippen LogP contribution >= 0.6 is 0 Å². The Bertz CT molecular complexity index is 1090. The van der Waals surface area contributed by atoms with Gasteiger partial charge in [0.15, 0.2) is 0 Å². The number of benzene rings is 2. The minimum atomic E-state index is -1.01. The maximum Gasteiger partial charge on any atom is 0.126 e. The minimum absolute atomic E-state index is 0.251. The van der Waals surface area contributed by atoms with Gasteiger partial charge in [-0.1, -0.05) is 19.9 Å². The number of hydrogen-bond donors (Lipinski definition) is 2. The summed E-state index contributed by atoms with van der Waals surface area (Å²) in [6.45, 7) is 8.79. The molecule has 4 rings (SSSR count). The van der Waals surface area contributed by atoms with E-state index in [-0.39, 0.29) is 5.82 Å². The molecule has 0 fully saturated rings. The van der Waals surface area contributed by atoms with Gasteiger partial charge in [-0.15, -0.1) is 0 Å². The van der Waals surface area contributed by atoms with Crippen molar-refractivity contribution in [2.75, 3.05) is 18.5 Å². The van der Waals surface area contributed by atoms with Gasteiger partial charge in [0.05, 0.1) is 17.7 Å². The van der Waals surface area contributed by atoms with E-state index in [4.69, 9.17) is 4.74 Å². The normalized spacial score (nSPS) is 15.5. The number of hydrogen-bond acceptors (Lipinski definition) is 4. The van der Waals surface area contributed by atoms with Gasteiger partial charge in [-0.3, -0.25) is 4.98 Å². The molecular formula is C25H29FN2O2. The van der Waals surface area contributed by atoms with E-state index in [9.17, 15) is 9.50 Å². The summed E-state index contributed by atoms with van der Waals surface area (Å²) >= 11 is 0. The van der Waals surface area contributed by atoms with E-state index in [1.165, 1.54) is 0 Å². The van der Waals surface area contributed by atoms with Crippen LogP contribution in [-0.4, -0.2) is 28.8 Å². The van der Waals surface area contributed by atoms with Crippen LogP contribution in [0.15, 0.2) is 42.5 Å². The Labute approximate surface area is 177 Å². The molecule has 0 bridgehead atoms. The smallest absolute Gasteiger partial charge is 0.126 e. The molecule has 1 aliphatic rings. The van der Waals surface area contributed by atoms with Crippen molar-refractivity contribution in [1.82, 2.24) is 4.98 Å². The van der Waals surface area contributed by atoms with Crippen molar-refractivity contribution in [2.24, 2.45) is 0 Å². The fourth-order valence-electron chi connectivity index (χ4n) is 4.58. The second-order valence-electron chi connectivity index (χ2n) is 9.28. The van der Waals surface area contributed by atoms with Crippen molar-refractivity contribution in [3.63, 3.8) is 0 Å². The highest BCUT2D eigenvalue weighted by molar-refractivity contribution is 5.91. The SMILES string of the molecule is Cc1ccc2c(NCC(C)(O)CC(C)(C)c3cc(F)cc4c3OCC4)cccc2n1. The highest BCUT2D eigenvalue weighted by atomic mass is 19.1. The van der Waals surface area contributed by atoms with Crippen molar-refractivity contribution < 1.29 is 14.2 Å². The van der Waals surface area contributed by atoms with E-state index in [0.717, 1.165) is 45.6 Å². The number of aryl methyl sites for hydroxylation is 1. The zero-order chi connectivity index (χ0) is 21.5. The van der Waals surface area contributed by atoms with Crippen LogP contribution in [0.2, 0.25) is 0 Å². The van der Waals surface area contributed by atoms with E-state index in [2.05, 4.69) is 10.3 Å². The first-order chi connectivity index (χ1) is 14.1. The summed E-state index contributed by atoms with van der Waals surface area (Å²) in [6, 6.07) is 13.1. The maximum atomic E-state index is 14.2. The lowest BCUT2D eigenvalue weighted by Gasteiger charge is -2.35. The van der Waals surface area contributed by atoms with E-state index < -0.39 is 11.0 Å². The molecule has 5 heteroatoms. The number of fused-ring (bicyclic) bond motifs is 2. The Balaban J connectivity index is 1.54. The third kappa shape index (κ3) is 4.12. The number of pyridine rings is 1. The van der Waals surface area contributed by atoms with Crippen molar-refractivity contribution in [3.8, 4) is 5.75 Å². The number of nitrogens with one attached hydrogen (secondary N) is 1. The predicted molar refractivity (Wildman–Crippen MR) is 119 cm³/mol. The lowest BCUT2D eigenvalue weighted by molar-refractivity contribution is 0.0436. The first-order valence-corrected chi connectivity index (χ1v) is 10.4. The van der Waals surface area contributed by atoms with Crippen LogP contribution in [0.1, 0.15) is 44.0 Å². The molecule has 158 valence electrons. The van der Waals surface area contributed by atoms with E-state index in [0.29, 0.717) is 19.6 Å². The number of aromatic nitrogens is 1. The number of rotatable bonds is 6. The molecule has 0 radical (unpaired) electrons. The van der Waals surface area contributed by atoms with Crippen LogP contribution in [-0.2, 0) is 11.8 Å². The van der Waals surface area contributed by atoms with Crippen molar-refractivity contribution >= 4 is 16.6 Å². The van der Waals surface area contributed by atoms with Crippen molar-refractivity contribution in [1.29, 1.82) is 0 Å². The third-order valence-corrected chi connectivity index (χ3v) is 5.83. The molecule has 0 amide bonds. The third-order valence-electron chi connectivity index (χ3n) is 5.83. The van der Waals surface area contributed by atoms with Gasteiger partial charge in [-0.05, 0) is 62.1 Å². The van der Waals surface area contributed by atoms with Gasteiger partial charge < -0.3 is 15.2 Å². The van der Waals surface area contributed by atoms with Crippen LogP contribution in [0.25, 0.3) is 10.9 Å². The Morgan fingerprint density at radius 2 is 1.97 bits per heavy atom. The number of nitrogens with zero attached hydrogens (tertiary/aromatic N) is 1. The number of ether oxygens (including phenoxy) is 1. The maximum absolute atomic E-state index is 14.2. The molecule has 0 spiro atoms. The number of halogens is 1. The molecule has 1 aliphatic heterocycles. The van der Waals surface area contributed by atoms with Gasteiger partial charge in [0, 0.05) is 40.9 Å². The van der Waals surface area contributed by atoms with Gasteiger partial charge in [0.25, 0.3) is 0 Å². The van der Waals surface area contributed by atoms with E-state index in [1.54, 1.807) is 12.1 Å². The topological polar surface area (TPSA) is 54.4 Å². The van der Waals surface area contributed by atoms with Crippen LogP contribution in [0.5, 0.6) is 5.75 Å². The lowest BCUT2D eigenvalue weighted by Crippen LogP contribution is -2.40. The Morgan fingerprint density at radius 3 is 2.77 bits per heavy atom. The van der Waals surface area contributed by atoms with Crippen LogP contribution in [0.4, 0.5) is 10.1 Å². The highest BCUT2D eigenvalue weighted by Gasteiger charge is 2.36. The number of anilines is 1. The molecule has 4 nitrogen and oxygen atoms in total. The van der Waals surface area contributed by atoms with E-state index >= 15 is 0 Å². The highest BCUT2D eigenvalue weighted by Crippen LogP contribution is 2.42. The Morgan fingerprint density at radius 1 is 1.17 bits per heavy atom. The molecule has 2 aromatic carbocycles. The number of aliphatic hydroxyl groups is 1. The summed E-state index contributed by atoms with van der Waals surface area (Å²) in [5, 5.41) is 15.6. The summed E-state index contributed by atoms with van der Waals surface area (Å²) in [6.07, 6.45) is 1.18. The molecule has 3 aromatic rings. The molecule has 1 atom stereocenters. The summed E-state index contributed by atoms with van der Waals surface area (Å²) in [4.78, 5) is 4.57. The zero-order valence-corrected chi connectivity index (χ0v) is 18.1. The van der Waals surface area contributed by atoms with Gasteiger partial charge in [0.2, 0.25) is 0 Å². The van der Waals surface area contributed by atoms with Crippen LogP contribution in [0.3, 0.4) is 0 Å². The average Bonchev–Trinajstić information content (AvgIpc) is 3.12. The standard InChI is InChI=1S/C25H29FN2O2/c1-16-8-9-19-21(6-5-7-22(19)28-16)27-15-25(4,29)14-24(2,3)20-13-18(26)12-17-10-11-30-23(17)20/h5-9,12-13,27,29H,10-11,14-15H2,1-4H3. The van der Waals surface area contributed by atoms with Gasteiger partial charge in [-0.2, -0.15) is 0 Å². The predicted octanol–water partition coefficient (Wildman–Crippen LogP) is 5.15. The minimum Gasteiger partial charge on any atom is -0.493 e. The van der Waals surface area contributed by atoms with Crippen molar-refractivity contribution in [3.05, 3.63) is 65.1 Å². The second kappa shape index (κ2) is 7.55. The second-order valence-corrected chi connectivity index (χ2v) is 9.28. The van der Waals surface area contributed by atoms with Crippen LogP contribution < -0.4 is 10.1 Å². The largest absolute Gasteiger partial charge is 0.493 e. The van der Waals surface area contributed by atoms with Gasteiger partial charge in [-0.25, -0.2) is 4.39 Å². The summed E-state index contributed by atoms with van der Waals surface area (Å²) in [5.74, 6) is 0.527.